The van der Waals surface area contributed by atoms with Crippen LogP contribution < -0.4 is 4.72 Å². The third-order valence-corrected chi connectivity index (χ3v) is 5.59. The highest BCUT2D eigenvalue weighted by Gasteiger charge is 2.17. The Bertz CT molecular complexity index is 858. The quantitative estimate of drug-likeness (QED) is 0.551. The molecule has 2 aromatic carbocycles. The number of aryl methyl sites for hydroxylation is 2. The zero-order valence-electron chi connectivity index (χ0n) is 15.4. The Hall–Kier alpha value is -2.34. The summed E-state index contributed by atoms with van der Waals surface area (Å²) in [6, 6.07) is 11.7. The lowest BCUT2D eigenvalue weighted by atomic mass is 10.1. The van der Waals surface area contributed by atoms with Crippen molar-refractivity contribution in [2.45, 2.75) is 44.4 Å². The molecule has 0 aliphatic heterocycles. The van der Waals surface area contributed by atoms with Crippen LogP contribution in [0.5, 0.6) is 0 Å². The van der Waals surface area contributed by atoms with Crippen molar-refractivity contribution in [1.82, 2.24) is 0 Å². The number of hydrogen-bond acceptors (Lipinski definition) is 4. The number of carbonyl (C=O) groups is 1. The topological polar surface area (TPSA) is 72.5 Å². The van der Waals surface area contributed by atoms with Crippen molar-refractivity contribution in [2.75, 3.05) is 11.8 Å². The highest BCUT2D eigenvalue weighted by Crippen LogP contribution is 2.22. The molecule has 0 aliphatic carbocycles. The van der Waals surface area contributed by atoms with Crippen LogP contribution in [0.1, 0.15) is 47.7 Å². The van der Waals surface area contributed by atoms with Gasteiger partial charge in [0.05, 0.1) is 23.3 Å². The predicted octanol–water partition coefficient (Wildman–Crippen LogP) is 4.32. The largest absolute Gasteiger partial charge is 0.465 e. The summed E-state index contributed by atoms with van der Waals surface area (Å²) in [7, 11) is -2.44. The standard InChI is InChI=1S/C20H25NO4S/c1-4-5-6-7-16-9-12-18(13-10-16)26(23,24)21-19-14-17(20(22)25-3)11-8-15(19)2/h8-14,21H,4-7H2,1-3H3. The lowest BCUT2D eigenvalue weighted by Crippen LogP contribution is -2.14. The molecule has 0 aromatic heterocycles. The molecule has 6 heteroatoms. The Morgan fingerprint density at radius 3 is 2.38 bits per heavy atom. The van der Waals surface area contributed by atoms with Gasteiger partial charge in [0.15, 0.2) is 0 Å². The van der Waals surface area contributed by atoms with Crippen molar-refractivity contribution in [3.05, 3.63) is 59.2 Å². The number of ether oxygens (including phenoxy) is 1. The summed E-state index contributed by atoms with van der Waals surface area (Å²) in [6.07, 6.45) is 4.36. The van der Waals surface area contributed by atoms with Crippen LogP contribution in [-0.4, -0.2) is 21.5 Å². The van der Waals surface area contributed by atoms with Gasteiger partial charge in [-0.15, -0.1) is 0 Å². The molecule has 140 valence electrons. The van der Waals surface area contributed by atoms with Crippen molar-refractivity contribution in [3.63, 3.8) is 0 Å². The molecule has 26 heavy (non-hydrogen) atoms. The van der Waals surface area contributed by atoms with Gasteiger partial charge in [0.1, 0.15) is 0 Å². The summed E-state index contributed by atoms with van der Waals surface area (Å²) in [5.74, 6) is -0.512. The lowest BCUT2D eigenvalue weighted by Gasteiger charge is -2.12. The minimum atomic E-state index is -3.73. The third-order valence-electron chi connectivity index (χ3n) is 4.21. The maximum Gasteiger partial charge on any atom is 0.337 e. The van der Waals surface area contributed by atoms with Crippen LogP contribution >= 0.6 is 0 Å². The Morgan fingerprint density at radius 2 is 1.77 bits per heavy atom. The van der Waals surface area contributed by atoms with Crippen LogP contribution in [-0.2, 0) is 21.2 Å². The average molecular weight is 375 g/mol. The molecule has 0 aliphatic rings. The third kappa shape index (κ3) is 5.08. The minimum Gasteiger partial charge on any atom is -0.465 e. The predicted molar refractivity (Wildman–Crippen MR) is 103 cm³/mol. The molecule has 0 radical (unpaired) electrons. The van der Waals surface area contributed by atoms with Gasteiger partial charge in [0, 0.05) is 0 Å². The fraction of sp³-hybridized carbons (Fsp3) is 0.350. The first kappa shape index (κ1) is 20.0. The molecule has 0 atom stereocenters. The number of benzene rings is 2. The Morgan fingerprint density at radius 1 is 1.08 bits per heavy atom. The van der Waals surface area contributed by atoms with Crippen LogP contribution in [0.25, 0.3) is 0 Å². The number of anilines is 1. The maximum atomic E-state index is 12.6. The van der Waals surface area contributed by atoms with E-state index in [1.54, 1.807) is 31.2 Å². The summed E-state index contributed by atoms with van der Waals surface area (Å²) in [4.78, 5) is 11.9. The second kappa shape index (κ2) is 8.85. The first-order chi connectivity index (χ1) is 12.4. The van der Waals surface area contributed by atoms with Crippen LogP contribution in [0.15, 0.2) is 47.4 Å². The van der Waals surface area contributed by atoms with E-state index in [4.69, 9.17) is 0 Å². The fourth-order valence-corrected chi connectivity index (χ4v) is 3.72. The van der Waals surface area contributed by atoms with E-state index >= 15 is 0 Å². The number of hydrogen-bond donors (Lipinski definition) is 1. The van der Waals surface area contributed by atoms with E-state index < -0.39 is 16.0 Å². The molecule has 0 saturated carbocycles. The van der Waals surface area contributed by atoms with Crippen LogP contribution in [0.3, 0.4) is 0 Å². The molecule has 0 saturated heterocycles. The van der Waals surface area contributed by atoms with Crippen molar-refractivity contribution in [2.24, 2.45) is 0 Å². The zero-order chi connectivity index (χ0) is 19.2. The molecule has 5 nitrogen and oxygen atoms in total. The van der Waals surface area contributed by atoms with Gasteiger partial charge < -0.3 is 4.74 Å². The molecule has 2 aromatic rings. The molecule has 0 unspecified atom stereocenters. The Kier molecular flexibility index (Phi) is 6.80. The monoisotopic (exact) mass is 375 g/mol. The Balaban J connectivity index is 2.19. The number of esters is 1. The van der Waals surface area contributed by atoms with E-state index in [2.05, 4.69) is 16.4 Å². The van der Waals surface area contributed by atoms with Gasteiger partial charge in [-0.1, -0.05) is 38.0 Å². The van der Waals surface area contributed by atoms with Gasteiger partial charge in [0.25, 0.3) is 10.0 Å². The van der Waals surface area contributed by atoms with E-state index in [0.29, 0.717) is 11.3 Å². The van der Waals surface area contributed by atoms with Crippen LogP contribution in [0.4, 0.5) is 5.69 Å². The maximum absolute atomic E-state index is 12.6. The van der Waals surface area contributed by atoms with Crippen LogP contribution in [0.2, 0.25) is 0 Å². The zero-order valence-corrected chi connectivity index (χ0v) is 16.2. The fourth-order valence-electron chi connectivity index (χ4n) is 2.59. The summed E-state index contributed by atoms with van der Waals surface area (Å²) < 4.78 is 32.5. The highest BCUT2D eigenvalue weighted by atomic mass is 32.2. The number of nitrogens with one attached hydrogen (secondary N) is 1. The molecule has 0 heterocycles. The van der Waals surface area contributed by atoms with Gasteiger partial charge in [0.2, 0.25) is 0 Å². The van der Waals surface area contributed by atoms with Gasteiger partial charge in [-0.05, 0) is 55.2 Å². The van der Waals surface area contributed by atoms with Crippen molar-refractivity contribution < 1.29 is 17.9 Å². The number of sulfonamides is 1. The van der Waals surface area contributed by atoms with Crippen molar-refractivity contribution in [1.29, 1.82) is 0 Å². The van der Waals surface area contributed by atoms with E-state index in [9.17, 15) is 13.2 Å². The summed E-state index contributed by atoms with van der Waals surface area (Å²) in [6.45, 7) is 3.92. The molecule has 0 amide bonds. The normalized spacial score (nSPS) is 11.2. The molecule has 1 N–H and O–H groups in total. The van der Waals surface area contributed by atoms with Crippen molar-refractivity contribution >= 4 is 21.7 Å². The summed E-state index contributed by atoms with van der Waals surface area (Å²) >= 11 is 0. The number of methoxy groups -OCH3 is 1. The molecule has 2 rings (SSSR count). The molecule has 0 bridgehead atoms. The molecular formula is C20H25NO4S. The van der Waals surface area contributed by atoms with E-state index in [1.165, 1.54) is 13.2 Å². The van der Waals surface area contributed by atoms with E-state index in [0.717, 1.165) is 36.8 Å². The summed E-state index contributed by atoms with van der Waals surface area (Å²) in [5, 5.41) is 0. The molecule has 0 spiro atoms. The number of carbonyl (C=O) groups excluding carboxylic acids is 1. The SMILES string of the molecule is CCCCCc1ccc(S(=O)(=O)Nc2cc(C(=O)OC)ccc2C)cc1. The van der Waals surface area contributed by atoms with E-state index in [-0.39, 0.29) is 4.90 Å². The second-order valence-electron chi connectivity index (χ2n) is 6.23. The number of unbranched alkanes of at least 4 members (excludes halogenated alkanes) is 2. The smallest absolute Gasteiger partial charge is 0.337 e. The van der Waals surface area contributed by atoms with E-state index in [1.807, 2.05) is 12.1 Å². The average Bonchev–Trinajstić information content (AvgIpc) is 2.63. The molecular weight excluding hydrogens is 350 g/mol. The Labute approximate surface area is 155 Å². The lowest BCUT2D eigenvalue weighted by molar-refractivity contribution is 0.0601. The van der Waals surface area contributed by atoms with Gasteiger partial charge in [-0.2, -0.15) is 0 Å². The number of rotatable bonds is 8. The molecule has 0 fully saturated rings. The van der Waals surface area contributed by atoms with Gasteiger partial charge in [-0.25, -0.2) is 13.2 Å². The van der Waals surface area contributed by atoms with Gasteiger partial charge in [-0.3, -0.25) is 4.72 Å². The highest BCUT2D eigenvalue weighted by molar-refractivity contribution is 7.92. The van der Waals surface area contributed by atoms with Crippen LogP contribution in [0, 0.1) is 6.92 Å². The second-order valence-corrected chi connectivity index (χ2v) is 7.91. The first-order valence-corrected chi connectivity index (χ1v) is 10.2. The van der Waals surface area contributed by atoms with Gasteiger partial charge >= 0.3 is 5.97 Å². The first-order valence-electron chi connectivity index (χ1n) is 8.68. The van der Waals surface area contributed by atoms with Crippen molar-refractivity contribution in [3.8, 4) is 0 Å². The summed E-state index contributed by atoms with van der Waals surface area (Å²) in [5.41, 5.74) is 2.50. The minimum absolute atomic E-state index is 0.194.